The van der Waals surface area contributed by atoms with Crippen molar-refractivity contribution in [1.29, 1.82) is 0 Å². The molecule has 1 atom stereocenters. The summed E-state index contributed by atoms with van der Waals surface area (Å²) in [6.07, 6.45) is 0. The SMILES string of the molecule is CC(=O)OC(C)(c1ccccc1)P(=O)([O-])[O-]. The summed E-state index contributed by atoms with van der Waals surface area (Å²) in [5.74, 6) is -0.821. The second-order valence-electron chi connectivity index (χ2n) is 3.44. The van der Waals surface area contributed by atoms with Crippen molar-refractivity contribution in [2.75, 3.05) is 0 Å². The molecule has 16 heavy (non-hydrogen) atoms. The van der Waals surface area contributed by atoms with Crippen molar-refractivity contribution in [1.82, 2.24) is 0 Å². The fourth-order valence-corrected chi connectivity index (χ4v) is 2.01. The molecule has 5 nitrogen and oxygen atoms in total. The average molecular weight is 242 g/mol. The maximum atomic E-state index is 11.2. The molecule has 1 aromatic carbocycles. The van der Waals surface area contributed by atoms with Crippen molar-refractivity contribution in [2.24, 2.45) is 0 Å². The first-order chi connectivity index (χ1) is 7.27. The third-order valence-corrected chi connectivity index (χ3v) is 3.57. The van der Waals surface area contributed by atoms with Gasteiger partial charge in [0.1, 0.15) is 0 Å². The summed E-state index contributed by atoms with van der Waals surface area (Å²) in [6.45, 7) is 2.13. The summed E-state index contributed by atoms with van der Waals surface area (Å²) in [5, 5.41) is -2.15. The fourth-order valence-electron chi connectivity index (χ4n) is 1.30. The van der Waals surface area contributed by atoms with Crippen LogP contribution in [-0.4, -0.2) is 5.97 Å². The molecule has 0 saturated carbocycles. The Morgan fingerprint density at radius 3 is 2.19 bits per heavy atom. The van der Waals surface area contributed by atoms with Crippen molar-refractivity contribution in [3.63, 3.8) is 0 Å². The first-order valence-corrected chi connectivity index (χ1v) is 6.09. The monoisotopic (exact) mass is 242 g/mol. The van der Waals surface area contributed by atoms with Gasteiger partial charge < -0.3 is 19.1 Å². The van der Waals surface area contributed by atoms with E-state index in [9.17, 15) is 19.1 Å². The summed E-state index contributed by atoms with van der Waals surface area (Å²) in [6, 6.07) is 7.63. The Morgan fingerprint density at radius 2 is 1.81 bits per heavy atom. The number of hydrogen-bond acceptors (Lipinski definition) is 5. The van der Waals surface area contributed by atoms with Crippen molar-refractivity contribution in [3.05, 3.63) is 35.9 Å². The van der Waals surface area contributed by atoms with Gasteiger partial charge >= 0.3 is 5.97 Å². The van der Waals surface area contributed by atoms with Crippen LogP contribution in [-0.2, 0) is 19.4 Å². The lowest BCUT2D eigenvalue weighted by Crippen LogP contribution is -2.38. The minimum atomic E-state index is -5.11. The summed E-state index contributed by atoms with van der Waals surface area (Å²) in [4.78, 5) is 33.2. The maximum absolute atomic E-state index is 11.2. The maximum Gasteiger partial charge on any atom is 0.303 e. The van der Waals surface area contributed by atoms with Crippen LogP contribution >= 0.6 is 7.60 Å². The highest BCUT2D eigenvalue weighted by Crippen LogP contribution is 2.51. The Labute approximate surface area is 93.2 Å². The van der Waals surface area contributed by atoms with Crippen molar-refractivity contribution in [2.45, 2.75) is 19.2 Å². The number of ether oxygens (including phenoxy) is 1. The number of benzene rings is 1. The lowest BCUT2D eigenvalue weighted by Gasteiger charge is -2.46. The number of hydrogen-bond donors (Lipinski definition) is 0. The largest absolute Gasteiger partial charge is 0.808 e. The van der Waals surface area contributed by atoms with Crippen LogP contribution in [0.5, 0.6) is 0 Å². The smallest absolute Gasteiger partial charge is 0.303 e. The van der Waals surface area contributed by atoms with Gasteiger partial charge in [0.25, 0.3) is 0 Å². The number of esters is 1. The minimum Gasteiger partial charge on any atom is -0.808 e. The van der Waals surface area contributed by atoms with Crippen LogP contribution in [0.4, 0.5) is 0 Å². The van der Waals surface area contributed by atoms with Crippen LogP contribution in [0.25, 0.3) is 0 Å². The van der Waals surface area contributed by atoms with Crippen molar-refractivity contribution in [3.8, 4) is 0 Å². The zero-order valence-electron chi connectivity index (χ0n) is 8.88. The van der Waals surface area contributed by atoms with E-state index in [1.165, 1.54) is 12.1 Å². The number of rotatable bonds is 3. The van der Waals surface area contributed by atoms with Gasteiger partial charge in [-0.25, -0.2) is 0 Å². The molecule has 0 spiro atoms. The number of carbonyl (C=O) groups excluding carboxylic acids is 1. The molecule has 0 aliphatic rings. The van der Waals surface area contributed by atoms with E-state index in [-0.39, 0.29) is 5.56 Å². The minimum absolute atomic E-state index is 0.138. The van der Waals surface area contributed by atoms with Gasteiger partial charge in [-0.3, -0.25) is 4.79 Å². The quantitative estimate of drug-likeness (QED) is 0.563. The van der Waals surface area contributed by atoms with E-state index >= 15 is 0 Å². The molecule has 88 valence electrons. The van der Waals surface area contributed by atoms with E-state index in [0.29, 0.717) is 0 Å². The normalized spacial score (nSPS) is 15.2. The molecule has 0 radical (unpaired) electrons. The van der Waals surface area contributed by atoms with Gasteiger partial charge in [0.05, 0.1) is 0 Å². The summed E-state index contributed by atoms with van der Waals surface area (Å²) in [7, 11) is -5.11. The fraction of sp³-hybridized carbons (Fsp3) is 0.300. The number of carbonyl (C=O) groups is 1. The van der Waals surface area contributed by atoms with Crippen LogP contribution < -0.4 is 9.79 Å². The standard InChI is InChI=1S/C10H13O5P/c1-8(11)15-10(2,16(12,13)14)9-6-4-3-5-7-9/h3-7H,1-2H3,(H2,12,13,14)/p-2. The van der Waals surface area contributed by atoms with Crippen LogP contribution in [0.3, 0.4) is 0 Å². The molecular weight excluding hydrogens is 231 g/mol. The zero-order chi connectivity index (χ0) is 12.4. The first-order valence-electron chi connectivity index (χ1n) is 4.54. The van der Waals surface area contributed by atoms with Gasteiger partial charge in [-0.05, 0) is 14.5 Å². The van der Waals surface area contributed by atoms with E-state index in [2.05, 4.69) is 4.74 Å². The lowest BCUT2D eigenvalue weighted by atomic mass is 10.1. The lowest BCUT2D eigenvalue weighted by molar-refractivity contribution is -0.330. The average Bonchev–Trinajstić information content (AvgIpc) is 2.16. The Hall–Kier alpha value is -1.16. The Balaban J connectivity index is 3.26. The molecule has 6 heteroatoms. The van der Waals surface area contributed by atoms with E-state index in [1.807, 2.05) is 0 Å². The topological polar surface area (TPSA) is 89.5 Å². The van der Waals surface area contributed by atoms with Gasteiger partial charge in [-0.1, -0.05) is 30.3 Å². The highest BCUT2D eigenvalue weighted by atomic mass is 31.2. The molecule has 0 aromatic heterocycles. The van der Waals surface area contributed by atoms with E-state index in [0.717, 1.165) is 13.8 Å². The highest BCUT2D eigenvalue weighted by molar-refractivity contribution is 7.49. The van der Waals surface area contributed by atoms with Gasteiger partial charge in [-0.15, -0.1) is 0 Å². The zero-order valence-corrected chi connectivity index (χ0v) is 9.77. The molecule has 0 heterocycles. The molecule has 0 saturated heterocycles. The summed E-state index contributed by atoms with van der Waals surface area (Å²) >= 11 is 0. The molecule has 0 aliphatic carbocycles. The molecule has 0 amide bonds. The highest BCUT2D eigenvalue weighted by Gasteiger charge is 2.33. The Kier molecular flexibility index (Phi) is 3.53. The molecule has 0 N–H and O–H groups in total. The third-order valence-electron chi connectivity index (χ3n) is 2.17. The predicted octanol–water partition coefficient (Wildman–Crippen LogP) is 0.336. The van der Waals surface area contributed by atoms with Gasteiger partial charge in [0, 0.05) is 12.5 Å². The predicted molar refractivity (Wildman–Crippen MR) is 53.2 cm³/mol. The molecular formula is C10H11O5P-2. The Bertz CT molecular complexity index is 424. The van der Waals surface area contributed by atoms with E-state index in [1.54, 1.807) is 18.2 Å². The molecule has 1 rings (SSSR count). The third kappa shape index (κ3) is 2.50. The summed E-state index contributed by atoms with van der Waals surface area (Å²) in [5.41, 5.74) is 0.138. The van der Waals surface area contributed by atoms with Crippen molar-refractivity contribution < 1.29 is 23.9 Å². The van der Waals surface area contributed by atoms with Crippen LogP contribution in [0.2, 0.25) is 0 Å². The first kappa shape index (κ1) is 12.9. The second-order valence-corrected chi connectivity index (χ2v) is 5.29. The molecule has 1 unspecified atom stereocenters. The van der Waals surface area contributed by atoms with Crippen LogP contribution in [0, 0.1) is 0 Å². The van der Waals surface area contributed by atoms with Gasteiger partial charge in [-0.2, -0.15) is 0 Å². The second kappa shape index (κ2) is 4.37. The van der Waals surface area contributed by atoms with Crippen LogP contribution in [0.15, 0.2) is 30.3 Å². The van der Waals surface area contributed by atoms with E-state index in [4.69, 9.17) is 0 Å². The Morgan fingerprint density at radius 1 is 1.31 bits per heavy atom. The van der Waals surface area contributed by atoms with Gasteiger partial charge in [0.15, 0.2) is 5.34 Å². The molecule has 0 bridgehead atoms. The van der Waals surface area contributed by atoms with Gasteiger partial charge in [0.2, 0.25) is 0 Å². The van der Waals surface area contributed by atoms with Crippen molar-refractivity contribution >= 4 is 13.6 Å². The molecule has 0 aliphatic heterocycles. The molecule has 0 fully saturated rings. The molecule has 1 aromatic rings. The van der Waals surface area contributed by atoms with Crippen LogP contribution in [0.1, 0.15) is 19.4 Å². The summed E-state index contributed by atoms with van der Waals surface area (Å²) < 4.78 is 15.8. The van der Waals surface area contributed by atoms with E-state index < -0.39 is 18.9 Å².